The number of hydrogen-bond donors (Lipinski definition) is 2. The van der Waals surface area contributed by atoms with Gasteiger partial charge in [-0.15, -0.1) is 0 Å². The molecule has 1 aliphatic rings. The van der Waals surface area contributed by atoms with Crippen molar-refractivity contribution in [3.8, 4) is 0 Å². The van der Waals surface area contributed by atoms with Gasteiger partial charge in [-0.25, -0.2) is 0 Å². The van der Waals surface area contributed by atoms with E-state index in [1.807, 2.05) is 17.9 Å². The second-order valence-corrected chi connectivity index (χ2v) is 5.31. The van der Waals surface area contributed by atoms with Crippen molar-refractivity contribution in [3.05, 3.63) is 17.5 Å². The number of hydrogen-bond acceptors (Lipinski definition) is 3. The summed E-state index contributed by atoms with van der Waals surface area (Å²) in [4.78, 5) is 11.5. The molecule has 1 aliphatic carbocycles. The summed E-state index contributed by atoms with van der Waals surface area (Å²) < 4.78 is 1.83. The Bertz CT molecular complexity index is 421. The second-order valence-electron chi connectivity index (χ2n) is 5.31. The molecule has 0 radical (unpaired) electrons. The Morgan fingerprint density at radius 3 is 2.89 bits per heavy atom. The van der Waals surface area contributed by atoms with Gasteiger partial charge < -0.3 is 10.6 Å². The molecule has 1 aromatic heterocycles. The van der Waals surface area contributed by atoms with Crippen LogP contribution in [0.1, 0.15) is 43.9 Å². The number of rotatable bonds is 6. The van der Waals surface area contributed by atoms with Gasteiger partial charge in [0.1, 0.15) is 0 Å². The average molecular weight is 250 g/mol. The quantitative estimate of drug-likeness (QED) is 0.789. The van der Waals surface area contributed by atoms with Gasteiger partial charge in [-0.05, 0) is 18.8 Å². The van der Waals surface area contributed by atoms with E-state index in [0.29, 0.717) is 25.0 Å². The van der Waals surface area contributed by atoms with Gasteiger partial charge in [0.15, 0.2) is 0 Å². The van der Waals surface area contributed by atoms with Crippen molar-refractivity contribution in [1.82, 2.24) is 20.4 Å². The van der Waals surface area contributed by atoms with Gasteiger partial charge in [0, 0.05) is 31.4 Å². The lowest BCUT2D eigenvalue weighted by Gasteiger charge is -2.07. The van der Waals surface area contributed by atoms with Crippen LogP contribution in [0.2, 0.25) is 0 Å². The Balaban J connectivity index is 1.80. The van der Waals surface area contributed by atoms with Gasteiger partial charge in [0.25, 0.3) is 0 Å². The SMILES string of the molecule is CC(C)c1nn(C)cc1CNCC(=O)NC1CC1. The summed E-state index contributed by atoms with van der Waals surface area (Å²) in [5, 5.41) is 10.6. The molecule has 0 unspecified atom stereocenters. The fraction of sp³-hybridized carbons (Fsp3) is 0.692. The van der Waals surface area contributed by atoms with Crippen molar-refractivity contribution in [2.45, 2.75) is 45.2 Å². The van der Waals surface area contributed by atoms with Crippen LogP contribution in [0.15, 0.2) is 6.20 Å². The number of nitrogens with one attached hydrogen (secondary N) is 2. The standard InChI is InChI=1S/C13H22N4O/c1-9(2)13-10(8-17(3)16-13)6-14-7-12(18)15-11-4-5-11/h8-9,11,14H,4-7H2,1-3H3,(H,15,18). The molecule has 18 heavy (non-hydrogen) atoms. The van der Waals surface area contributed by atoms with Crippen LogP contribution >= 0.6 is 0 Å². The van der Waals surface area contributed by atoms with Crippen molar-refractivity contribution in [2.75, 3.05) is 6.54 Å². The van der Waals surface area contributed by atoms with E-state index in [1.165, 1.54) is 5.56 Å². The highest BCUT2D eigenvalue weighted by atomic mass is 16.2. The van der Waals surface area contributed by atoms with E-state index in [1.54, 1.807) is 0 Å². The van der Waals surface area contributed by atoms with Crippen LogP contribution in [0.25, 0.3) is 0 Å². The molecule has 5 heteroatoms. The molecule has 0 aliphatic heterocycles. The van der Waals surface area contributed by atoms with E-state index < -0.39 is 0 Å². The summed E-state index contributed by atoms with van der Waals surface area (Å²) in [5.41, 5.74) is 2.28. The largest absolute Gasteiger partial charge is 0.352 e. The highest BCUT2D eigenvalue weighted by molar-refractivity contribution is 5.78. The maximum absolute atomic E-state index is 11.5. The summed E-state index contributed by atoms with van der Waals surface area (Å²) in [7, 11) is 1.93. The van der Waals surface area contributed by atoms with E-state index in [9.17, 15) is 4.79 Å². The molecule has 1 heterocycles. The van der Waals surface area contributed by atoms with Crippen molar-refractivity contribution in [3.63, 3.8) is 0 Å². The van der Waals surface area contributed by atoms with Gasteiger partial charge in [0.2, 0.25) is 5.91 Å². The average Bonchev–Trinajstić information content (AvgIpc) is 3.00. The molecule has 1 amide bonds. The first-order valence-electron chi connectivity index (χ1n) is 6.58. The van der Waals surface area contributed by atoms with Gasteiger partial charge in [-0.2, -0.15) is 5.10 Å². The molecule has 0 aromatic carbocycles. The van der Waals surface area contributed by atoms with E-state index in [0.717, 1.165) is 18.5 Å². The first-order chi connectivity index (χ1) is 8.56. The van der Waals surface area contributed by atoms with Crippen molar-refractivity contribution >= 4 is 5.91 Å². The fourth-order valence-electron chi connectivity index (χ4n) is 1.99. The van der Waals surface area contributed by atoms with Crippen LogP contribution in [0.4, 0.5) is 0 Å². The molecule has 1 aromatic rings. The highest BCUT2D eigenvalue weighted by Gasteiger charge is 2.22. The molecule has 1 fully saturated rings. The number of carbonyl (C=O) groups excluding carboxylic acids is 1. The first-order valence-corrected chi connectivity index (χ1v) is 6.58. The zero-order valence-electron chi connectivity index (χ0n) is 11.4. The Labute approximate surface area is 108 Å². The number of carbonyl (C=O) groups is 1. The van der Waals surface area contributed by atoms with Crippen molar-refractivity contribution in [2.24, 2.45) is 7.05 Å². The minimum absolute atomic E-state index is 0.0903. The van der Waals surface area contributed by atoms with Crippen LogP contribution in [-0.2, 0) is 18.4 Å². The predicted octanol–water partition coefficient (Wildman–Crippen LogP) is 0.912. The van der Waals surface area contributed by atoms with Crippen LogP contribution < -0.4 is 10.6 Å². The summed E-state index contributed by atoms with van der Waals surface area (Å²) in [6, 6.07) is 0.434. The molecule has 1 saturated carbocycles. The third kappa shape index (κ3) is 3.57. The van der Waals surface area contributed by atoms with E-state index in [2.05, 4.69) is 29.6 Å². The summed E-state index contributed by atoms with van der Waals surface area (Å²) >= 11 is 0. The number of aryl methyl sites for hydroxylation is 1. The topological polar surface area (TPSA) is 59.0 Å². The molecule has 0 spiro atoms. The Kier molecular flexibility index (Phi) is 4.01. The number of aromatic nitrogens is 2. The molecule has 0 atom stereocenters. The normalized spacial score (nSPS) is 15.1. The van der Waals surface area contributed by atoms with Crippen molar-refractivity contribution < 1.29 is 4.79 Å². The maximum Gasteiger partial charge on any atom is 0.234 e. The third-order valence-corrected chi connectivity index (χ3v) is 3.03. The lowest BCUT2D eigenvalue weighted by atomic mass is 10.1. The smallest absolute Gasteiger partial charge is 0.234 e. The number of nitrogens with zero attached hydrogens (tertiary/aromatic N) is 2. The van der Waals surface area contributed by atoms with E-state index in [4.69, 9.17) is 0 Å². The Hall–Kier alpha value is -1.36. The summed E-state index contributed by atoms with van der Waals surface area (Å²) in [6.45, 7) is 5.33. The lowest BCUT2D eigenvalue weighted by molar-refractivity contribution is -0.120. The van der Waals surface area contributed by atoms with Crippen molar-refractivity contribution in [1.29, 1.82) is 0 Å². The molecule has 2 rings (SSSR count). The zero-order chi connectivity index (χ0) is 13.1. The third-order valence-electron chi connectivity index (χ3n) is 3.03. The van der Waals surface area contributed by atoms with Crippen LogP contribution in [-0.4, -0.2) is 28.3 Å². The van der Waals surface area contributed by atoms with Gasteiger partial charge in [0.05, 0.1) is 12.2 Å². The first kappa shape index (κ1) is 13.1. The second kappa shape index (κ2) is 5.52. The zero-order valence-corrected chi connectivity index (χ0v) is 11.4. The minimum atomic E-state index is 0.0903. The van der Waals surface area contributed by atoms with Crippen LogP contribution in [0.5, 0.6) is 0 Å². The van der Waals surface area contributed by atoms with E-state index >= 15 is 0 Å². The molecule has 5 nitrogen and oxygen atoms in total. The Morgan fingerprint density at radius 2 is 2.28 bits per heavy atom. The molecule has 2 N–H and O–H groups in total. The van der Waals surface area contributed by atoms with Gasteiger partial charge in [-0.3, -0.25) is 9.48 Å². The number of amides is 1. The molecular weight excluding hydrogens is 228 g/mol. The Morgan fingerprint density at radius 1 is 1.56 bits per heavy atom. The molecule has 0 bridgehead atoms. The predicted molar refractivity (Wildman–Crippen MR) is 70.2 cm³/mol. The summed E-state index contributed by atoms with van der Waals surface area (Å²) in [5.74, 6) is 0.496. The highest BCUT2D eigenvalue weighted by Crippen LogP contribution is 2.18. The maximum atomic E-state index is 11.5. The van der Waals surface area contributed by atoms with E-state index in [-0.39, 0.29) is 5.91 Å². The molecular formula is C13H22N4O. The van der Waals surface area contributed by atoms with Crippen LogP contribution in [0, 0.1) is 0 Å². The lowest BCUT2D eigenvalue weighted by Crippen LogP contribution is -2.34. The molecule has 0 saturated heterocycles. The van der Waals surface area contributed by atoms with Gasteiger partial charge >= 0.3 is 0 Å². The summed E-state index contributed by atoms with van der Waals surface area (Å²) in [6.07, 6.45) is 4.28. The van der Waals surface area contributed by atoms with Crippen LogP contribution in [0.3, 0.4) is 0 Å². The fourth-order valence-corrected chi connectivity index (χ4v) is 1.99. The minimum Gasteiger partial charge on any atom is -0.352 e. The molecule has 100 valence electrons. The monoisotopic (exact) mass is 250 g/mol. The van der Waals surface area contributed by atoms with Gasteiger partial charge in [-0.1, -0.05) is 13.8 Å².